The van der Waals surface area contributed by atoms with E-state index in [9.17, 15) is 4.79 Å². The fourth-order valence-electron chi connectivity index (χ4n) is 1.54. The number of hydrogen-bond donors (Lipinski definition) is 1. The van der Waals surface area contributed by atoms with Gasteiger partial charge in [0, 0.05) is 12.2 Å². The molecule has 0 aliphatic heterocycles. The van der Waals surface area contributed by atoms with Crippen LogP contribution in [0.4, 0.5) is 10.5 Å². The van der Waals surface area contributed by atoms with Crippen LogP contribution in [0, 0.1) is 0 Å². The summed E-state index contributed by atoms with van der Waals surface area (Å²) < 4.78 is 5.08. The summed E-state index contributed by atoms with van der Waals surface area (Å²) in [4.78, 5) is 13.7. The number of carbonyl (C=O) groups excluding carboxylic acids is 1. The number of hydrogen-bond acceptors (Lipinski definition) is 3. The van der Waals surface area contributed by atoms with Crippen molar-refractivity contribution < 1.29 is 9.53 Å². The maximum atomic E-state index is 11.5. The molecule has 0 saturated heterocycles. The molecule has 0 aliphatic rings. The minimum Gasteiger partial charge on any atom is -0.448 e. The Morgan fingerprint density at radius 1 is 1.26 bits per heavy atom. The van der Waals surface area contributed by atoms with Crippen LogP contribution in [0.1, 0.15) is 13.8 Å². The molecule has 0 bridgehead atoms. The summed E-state index contributed by atoms with van der Waals surface area (Å²) in [6.07, 6.45) is -0.495. The lowest BCUT2D eigenvalue weighted by Crippen LogP contribution is -2.28. The molecule has 0 aliphatic carbocycles. The highest BCUT2D eigenvalue weighted by Crippen LogP contribution is 2.24. The zero-order valence-corrected chi connectivity index (χ0v) is 12.6. The number of nitrogens with one attached hydrogen (secondary N) is 1. The van der Waals surface area contributed by atoms with Crippen molar-refractivity contribution in [3.05, 3.63) is 28.2 Å². The van der Waals surface area contributed by atoms with E-state index >= 15 is 0 Å². The van der Waals surface area contributed by atoms with Crippen LogP contribution in [0.15, 0.2) is 18.2 Å². The molecule has 0 spiro atoms. The molecule has 0 heterocycles. The normalized spacial score (nSPS) is 10.6. The number of nitrogens with zero attached hydrogens (tertiary/aromatic N) is 1. The van der Waals surface area contributed by atoms with E-state index in [-0.39, 0.29) is 0 Å². The monoisotopic (exact) mass is 304 g/mol. The predicted molar refractivity (Wildman–Crippen MR) is 79.2 cm³/mol. The largest absolute Gasteiger partial charge is 0.448 e. The second-order valence-electron chi connectivity index (χ2n) is 3.92. The first-order valence-corrected chi connectivity index (χ1v) is 6.93. The topological polar surface area (TPSA) is 41.6 Å². The van der Waals surface area contributed by atoms with Crippen LogP contribution in [0.3, 0.4) is 0 Å². The third-order valence-corrected chi connectivity index (χ3v) is 3.44. The van der Waals surface area contributed by atoms with E-state index in [1.807, 2.05) is 0 Å². The van der Waals surface area contributed by atoms with Crippen LogP contribution in [0.2, 0.25) is 10.0 Å². The van der Waals surface area contributed by atoms with Gasteiger partial charge < -0.3 is 9.64 Å². The van der Waals surface area contributed by atoms with Gasteiger partial charge >= 0.3 is 6.09 Å². The fraction of sp³-hybridized carbons (Fsp3) is 0.462. The van der Waals surface area contributed by atoms with E-state index < -0.39 is 6.09 Å². The predicted octanol–water partition coefficient (Wildman–Crippen LogP) is 3.88. The number of ether oxygens (including phenoxy) is 1. The highest BCUT2D eigenvalue weighted by Gasteiger charge is 2.06. The Morgan fingerprint density at radius 2 is 1.95 bits per heavy atom. The smallest absolute Gasteiger partial charge is 0.411 e. The molecule has 0 radical (unpaired) electrons. The highest BCUT2D eigenvalue weighted by atomic mass is 35.5. The van der Waals surface area contributed by atoms with E-state index in [0.717, 1.165) is 19.6 Å². The second kappa shape index (κ2) is 8.25. The first kappa shape index (κ1) is 16.1. The van der Waals surface area contributed by atoms with Crippen molar-refractivity contribution in [2.45, 2.75) is 13.8 Å². The summed E-state index contributed by atoms with van der Waals surface area (Å²) in [7, 11) is 0. The standard InChI is InChI=1S/C13H18Cl2N2O2/c1-3-17(4-2)7-8-19-13(18)16-10-5-6-11(14)12(15)9-10/h5-6,9H,3-4,7-8H2,1-2H3,(H,16,18). The molecule has 0 saturated carbocycles. The second-order valence-corrected chi connectivity index (χ2v) is 4.73. The van der Waals surface area contributed by atoms with E-state index in [2.05, 4.69) is 24.1 Å². The van der Waals surface area contributed by atoms with Crippen LogP contribution in [-0.2, 0) is 4.74 Å². The van der Waals surface area contributed by atoms with Crippen molar-refractivity contribution in [2.75, 3.05) is 31.6 Å². The SMILES string of the molecule is CCN(CC)CCOC(=O)Nc1ccc(Cl)c(Cl)c1. The third kappa shape index (κ3) is 5.68. The van der Waals surface area contributed by atoms with Crippen molar-refractivity contribution in [2.24, 2.45) is 0 Å². The lowest BCUT2D eigenvalue weighted by Gasteiger charge is -2.17. The molecular weight excluding hydrogens is 287 g/mol. The van der Waals surface area contributed by atoms with Gasteiger partial charge in [0.2, 0.25) is 0 Å². The van der Waals surface area contributed by atoms with Gasteiger partial charge in [0.05, 0.1) is 10.0 Å². The molecule has 1 rings (SSSR count). The van der Waals surface area contributed by atoms with Crippen LogP contribution < -0.4 is 5.32 Å². The first-order valence-electron chi connectivity index (χ1n) is 6.18. The quantitative estimate of drug-likeness (QED) is 0.867. The van der Waals surface area contributed by atoms with Gasteiger partial charge in [-0.2, -0.15) is 0 Å². The van der Waals surface area contributed by atoms with Crippen molar-refractivity contribution >= 4 is 35.0 Å². The van der Waals surface area contributed by atoms with Crippen LogP contribution in [0.25, 0.3) is 0 Å². The van der Waals surface area contributed by atoms with Gasteiger partial charge in [0.25, 0.3) is 0 Å². The molecular formula is C13H18Cl2N2O2. The molecule has 0 unspecified atom stereocenters. The Kier molecular flexibility index (Phi) is 6.99. The van der Waals surface area contributed by atoms with Crippen molar-refractivity contribution in [3.63, 3.8) is 0 Å². The molecule has 0 fully saturated rings. The van der Waals surface area contributed by atoms with Gasteiger partial charge in [0.1, 0.15) is 6.61 Å². The lowest BCUT2D eigenvalue weighted by atomic mass is 10.3. The molecule has 4 nitrogen and oxygen atoms in total. The molecule has 106 valence electrons. The molecule has 0 atom stereocenters. The van der Waals surface area contributed by atoms with E-state index in [1.165, 1.54) is 0 Å². The highest BCUT2D eigenvalue weighted by molar-refractivity contribution is 6.42. The summed E-state index contributed by atoms with van der Waals surface area (Å²) >= 11 is 11.6. The van der Waals surface area contributed by atoms with Gasteiger partial charge in [0.15, 0.2) is 0 Å². The Hall–Kier alpha value is -0.970. The maximum Gasteiger partial charge on any atom is 0.411 e. The fourth-order valence-corrected chi connectivity index (χ4v) is 1.83. The average molecular weight is 305 g/mol. The number of likely N-dealkylation sites (N-methyl/N-ethyl adjacent to an activating group) is 1. The van der Waals surface area contributed by atoms with E-state index in [1.54, 1.807) is 18.2 Å². The van der Waals surface area contributed by atoms with Gasteiger partial charge in [-0.05, 0) is 31.3 Å². The van der Waals surface area contributed by atoms with Gasteiger partial charge in [-0.1, -0.05) is 37.0 Å². The number of carbonyl (C=O) groups is 1. The van der Waals surface area contributed by atoms with E-state index in [4.69, 9.17) is 27.9 Å². The minimum atomic E-state index is -0.495. The summed E-state index contributed by atoms with van der Waals surface area (Å²) in [6, 6.07) is 4.87. The number of halogens is 2. The maximum absolute atomic E-state index is 11.5. The molecule has 1 N–H and O–H groups in total. The van der Waals surface area contributed by atoms with Gasteiger partial charge in [-0.25, -0.2) is 4.79 Å². The molecule has 1 amide bonds. The van der Waals surface area contributed by atoms with Crippen molar-refractivity contribution in [1.29, 1.82) is 0 Å². The molecule has 6 heteroatoms. The summed E-state index contributed by atoms with van der Waals surface area (Å²) in [6.45, 7) is 7.09. The Bertz CT molecular complexity index is 423. The zero-order valence-electron chi connectivity index (χ0n) is 11.1. The van der Waals surface area contributed by atoms with Crippen molar-refractivity contribution in [1.82, 2.24) is 4.90 Å². The zero-order chi connectivity index (χ0) is 14.3. The Morgan fingerprint density at radius 3 is 2.53 bits per heavy atom. The minimum absolute atomic E-state index is 0.356. The number of rotatable bonds is 6. The number of benzene rings is 1. The Balaban J connectivity index is 2.36. The van der Waals surface area contributed by atoms with Crippen LogP contribution in [0.5, 0.6) is 0 Å². The summed E-state index contributed by atoms with van der Waals surface area (Å²) in [5, 5.41) is 3.43. The molecule has 1 aromatic carbocycles. The Labute approximate surface area is 123 Å². The van der Waals surface area contributed by atoms with Crippen molar-refractivity contribution in [3.8, 4) is 0 Å². The molecule has 1 aromatic rings. The average Bonchev–Trinajstić information content (AvgIpc) is 2.39. The lowest BCUT2D eigenvalue weighted by molar-refractivity contribution is 0.142. The number of anilines is 1. The summed E-state index contributed by atoms with van der Waals surface area (Å²) in [5.41, 5.74) is 0.558. The van der Waals surface area contributed by atoms with Gasteiger partial charge in [-0.3, -0.25) is 5.32 Å². The van der Waals surface area contributed by atoms with E-state index in [0.29, 0.717) is 22.3 Å². The molecule has 19 heavy (non-hydrogen) atoms. The number of amides is 1. The first-order chi connectivity index (χ1) is 9.06. The summed E-state index contributed by atoms with van der Waals surface area (Å²) in [5.74, 6) is 0. The van der Waals surface area contributed by atoms with Gasteiger partial charge in [-0.15, -0.1) is 0 Å². The third-order valence-electron chi connectivity index (χ3n) is 2.70. The van der Waals surface area contributed by atoms with Crippen LogP contribution >= 0.6 is 23.2 Å². The van der Waals surface area contributed by atoms with Crippen LogP contribution in [-0.4, -0.2) is 37.2 Å². The molecule has 0 aromatic heterocycles.